The van der Waals surface area contributed by atoms with Gasteiger partial charge in [-0.1, -0.05) is 5.16 Å². The molecule has 0 bridgehead atoms. The topological polar surface area (TPSA) is 46.3 Å². The molecule has 1 aliphatic heterocycles. The quantitative estimate of drug-likeness (QED) is 0.694. The van der Waals surface area contributed by atoms with Crippen LogP contribution in [0.2, 0.25) is 0 Å². The second-order valence-electron chi connectivity index (χ2n) is 4.24. The number of Topliss-reactive ketones (excluding diaryl/α,β-unsaturated/α-hetero) is 1. The molecule has 0 atom stereocenters. The molecule has 1 aromatic rings. The smallest absolute Gasteiger partial charge is 0.164 e. The first-order chi connectivity index (χ1) is 7.18. The van der Waals surface area contributed by atoms with Crippen LogP contribution in [0.1, 0.15) is 41.8 Å². The molecule has 1 aliphatic rings. The molecular formula is C11H16N2O2. The molecule has 0 amide bonds. The maximum Gasteiger partial charge on any atom is 0.164 e. The predicted molar refractivity (Wildman–Crippen MR) is 56.0 cm³/mol. The first-order valence-electron chi connectivity index (χ1n) is 5.32. The lowest BCUT2D eigenvalue weighted by atomic mass is 9.91. The molecule has 15 heavy (non-hydrogen) atoms. The maximum atomic E-state index is 11.3. The largest absolute Gasteiger partial charge is 0.360 e. The zero-order valence-corrected chi connectivity index (χ0v) is 9.19. The van der Waals surface area contributed by atoms with Crippen molar-refractivity contribution in [3.63, 3.8) is 0 Å². The molecule has 0 spiro atoms. The Labute approximate surface area is 89.2 Å². The summed E-state index contributed by atoms with van der Waals surface area (Å²) in [5.74, 6) is 1.20. The normalized spacial score (nSPS) is 19.3. The van der Waals surface area contributed by atoms with E-state index in [2.05, 4.69) is 17.1 Å². The van der Waals surface area contributed by atoms with Crippen molar-refractivity contribution < 1.29 is 9.32 Å². The zero-order valence-electron chi connectivity index (χ0n) is 9.19. The summed E-state index contributed by atoms with van der Waals surface area (Å²) in [4.78, 5) is 13.6. The van der Waals surface area contributed by atoms with Gasteiger partial charge in [0.1, 0.15) is 0 Å². The summed E-state index contributed by atoms with van der Waals surface area (Å²) in [6.45, 7) is 3.68. The second-order valence-corrected chi connectivity index (χ2v) is 4.24. The van der Waals surface area contributed by atoms with Gasteiger partial charge in [-0.15, -0.1) is 0 Å². The molecule has 0 unspecified atom stereocenters. The second kappa shape index (κ2) is 4.14. The van der Waals surface area contributed by atoms with E-state index in [-0.39, 0.29) is 5.78 Å². The van der Waals surface area contributed by atoms with Gasteiger partial charge >= 0.3 is 0 Å². The van der Waals surface area contributed by atoms with Crippen molar-refractivity contribution in [1.82, 2.24) is 10.1 Å². The fourth-order valence-electron chi connectivity index (χ4n) is 2.08. The molecule has 0 radical (unpaired) electrons. The van der Waals surface area contributed by atoms with Gasteiger partial charge in [0.25, 0.3) is 0 Å². The van der Waals surface area contributed by atoms with E-state index < -0.39 is 0 Å². The van der Waals surface area contributed by atoms with Crippen LogP contribution >= 0.6 is 0 Å². The summed E-state index contributed by atoms with van der Waals surface area (Å²) < 4.78 is 5.21. The SMILES string of the molecule is CC(=O)c1cnoc1C1CCN(C)CC1. The Hall–Kier alpha value is -1.16. The Morgan fingerprint density at radius 3 is 2.80 bits per heavy atom. The average molecular weight is 208 g/mol. The van der Waals surface area contributed by atoms with E-state index in [9.17, 15) is 4.79 Å². The van der Waals surface area contributed by atoms with Crippen LogP contribution in [0.3, 0.4) is 0 Å². The number of carbonyl (C=O) groups is 1. The number of likely N-dealkylation sites (tertiary alicyclic amines) is 1. The summed E-state index contributed by atoms with van der Waals surface area (Å²) in [6, 6.07) is 0. The van der Waals surface area contributed by atoms with Gasteiger partial charge < -0.3 is 9.42 Å². The van der Waals surface area contributed by atoms with Gasteiger partial charge in [-0.2, -0.15) is 0 Å². The van der Waals surface area contributed by atoms with E-state index in [1.807, 2.05) is 0 Å². The molecule has 82 valence electrons. The zero-order chi connectivity index (χ0) is 10.8. The van der Waals surface area contributed by atoms with Gasteiger partial charge in [-0.05, 0) is 39.9 Å². The van der Waals surface area contributed by atoms with Crippen LogP contribution in [0.4, 0.5) is 0 Å². The highest BCUT2D eigenvalue weighted by molar-refractivity contribution is 5.94. The van der Waals surface area contributed by atoms with Crippen LogP contribution in [0.5, 0.6) is 0 Å². The Morgan fingerprint density at radius 1 is 1.53 bits per heavy atom. The predicted octanol–water partition coefficient (Wildman–Crippen LogP) is 1.69. The number of aromatic nitrogens is 1. The van der Waals surface area contributed by atoms with Gasteiger partial charge in [0.2, 0.25) is 0 Å². The van der Waals surface area contributed by atoms with Crippen LogP contribution in [0.15, 0.2) is 10.7 Å². The minimum atomic E-state index is 0.0465. The van der Waals surface area contributed by atoms with E-state index in [0.717, 1.165) is 31.7 Å². The third kappa shape index (κ3) is 2.09. The molecular weight excluding hydrogens is 192 g/mol. The molecule has 0 aromatic carbocycles. The molecule has 1 fully saturated rings. The lowest BCUT2D eigenvalue weighted by Gasteiger charge is -2.27. The Balaban J connectivity index is 2.15. The molecule has 2 rings (SSSR count). The van der Waals surface area contributed by atoms with Gasteiger partial charge in [0.15, 0.2) is 11.5 Å². The first kappa shape index (κ1) is 10.4. The number of nitrogens with zero attached hydrogens (tertiary/aromatic N) is 2. The summed E-state index contributed by atoms with van der Waals surface area (Å²) in [5, 5.41) is 3.73. The lowest BCUT2D eigenvalue weighted by molar-refractivity contribution is 0.101. The van der Waals surface area contributed by atoms with Crippen molar-refractivity contribution in [2.24, 2.45) is 0 Å². The summed E-state index contributed by atoms with van der Waals surface area (Å²) in [6.07, 6.45) is 3.63. The van der Waals surface area contributed by atoms with Crippen molar-refractivity contribution >= 4 is 5.78 Å². The fraction of sp³-hybridized carbons (Fsp3) is 0.636. The molecule has 0 N–H and O–H groups in total. The molecule has 0 aliphatic carbocycles. The number of hydrogen-bond donors (Lipinski definition) is 0. The maximum absolute atomic E-state index is 11.3. The summed E-state index contributed by atoms with van der Waals surface area (Å²) in [7, 11) is 2.11. The molecule has 4 nitrogen and oxygen atoms in total. The molecule has 2 heterocycles. The van der Waals surface area contributed by atoms with Crippen molar-refractivity contribution in [3.05, 3.63) is 17.5 Å². The van der Waals surface area contributed by atoms with Gasteiger partial charge in [-0.3, -0.25) is 4.79 Å². The average Bonchev–Trinajstić information content (AvgIpc) is 2.67. The van der Waals surface area contributed by atoms with Crippen LogP contribution < -0.4 is 0 Å². The molecule has 4 heteroatoms. The molecule has 0 saturated carbocycles. The van der Waals surface area contributed by atoms with Crippen LogP contribution in [0, 0.1) is 0 Å². The van der Waals surface area contributed by atoms with E-state index in [4.69, 9.17) is 4.52 Å². The third-order valence-corrected chi connectivity index (χ3v) is 3.07. The molecule has 1 aromatic heterocycles. The Kier molecular flexibility index (Phi) is 2.86. The highest BCUT2D eigenvalue weighted by Gasteiger charge is 2.25. The number of hydrogen-bond acceptors (Lipinski definition) is 4. The lowest BCUT2D eigenvalue weighted by Crippen LogP contribution is -2.29. The van der Waals surface area contributed by atoms with Crippen molar-refractivity contribution in [3.8, 4) is 0 Å². The first-order valence-corrected chi connectivity index (χ1v) is 5.32. The standard InChI is InChI=1S/C11H16N2O2/c1-8(14)10-7-12-15-11(10)9-3-5-13(2)6-4-9/h7,9H,3-6H2,1-2H3. The third-order valence-electron chi connectivity index (χ3n) is 3.07. The van der Waals surface area contributed by atoms with Crippen LogP contribution in [-0.4, -0.2) is 36.0 Å². The molecule has 1 saturated heterocycles. The number of piperidine rings is 1. The number of carbonyl (C=O) groups excluding carboxylic acids is 1. The highest BCUT2D eigenvalue weighted by Crippen LogP contribution is 2.29. The fourth-order valence-corrected chi connectivity index (χ4v) is 2.08. The van der Waals surface area contributed by atoms with Crippen molar-refractivity contribution in [2.45, 2.75) is 25.7 Å². The van der Waals surface area contributed by atoms with Crippen molar-refractivity contribution in [1.29, 1.82) is 0 Å². The minimum absolute atomic E-state index is 0.0465. The summed E-state index contributed by atoms with van der Waals surface area (Å²) in [5.41, 5.74) is 0.657. The Bertz CT molecular complexity index is 351. The van der Waals surface area contributed by atoms with Crippen LogP contribution in [0.25, 0.3) is 0 Å². The highest BCUT2D eigenvalue weighted by atomic mass is 16.5. The van der Waals surface area contributed by atoms with Gasteiger partial charge in [-0.25, -0.2) is 0 Å². The van der Waals surface area contributed by atoms with Crippen LogP contribution in [-0.2, 0) is 0 Å². The van der Waals surface area contributed by atoms with Gasteiger partial charge in [0.05, 0.1) is 11.8 Å². The van der Waals surface area contributed by atoms with E-state index in [1.54, 1.807) is 6.92 Å². The van der Waals surface area contributed by atoms with E-state index >= 15 is 0 Å². The number of ketones is 1. The van der Waals surface area contributed by atoms with Crippen molar-refractivity contribution in [2.75, 3.05) is 20.1 Å². The van der Waals surface area contributed by atoms with E-state index in [1.165, 1.54) is 6.20 Å². The minimum Gasteiger partial charge on any atom is -0.360 e. The Morgan fingerprint density at radius 2 is 2.20 bits per heavy atom. The monoisotopic (exact) mass is 208 g/mol. The summed E-state index contributed by atoms with van der Waals surface area (Å²) >= 11 is 0. The van der Waals surface area contributed by atoms with E-state index in [0.29, 0.717) is 11.5 Å². The number of rotatable bonds is 2. The van der Waals surface area contributed by atoms with Gasteiger partial charge in [0, 0.05) is 5.92 Å².